The van der Waals surface area contributed by atoms with Gasteiger partial charge in [-0.25, -0.2) is 8.42 Å². The molecule has 0 radical (unpaired) electrons. The molecule has 0 aliphatic rings. The predicted octanol–water partition coefficient (Wildman–Crippen LogP) is 2.93. The largest absolute Gasteiger partial charge is 0.506 e. The van der Waals surface area contributed by atoms with Crippen molar-refractivity contribution in [3.63, 3.8) is 0 Å². The highest BCUT2D eigenvalue weighted by molar-refractivity contribution is 7.91. The fourth-order valence-corrected chi connectivity index (χ4v) is 3.43. The van der Waals surface area contributed by atoms with E-state index in [4.69, 9.17) is 4.74 Å². The summed E-state index contributed by atoms with van der Waals surface area (Å²) in [5.41, 5.74) is 1.03. The number of aromatic amines is 1. The van der Waals surface area contributed by atoms with Crippen LogP contribution in [-0.4, -0.2) is 37.3 Å². The van der Waals surface area contributed by atoms with E-state index in [-0.39, 0.29) is 27.8 Å². The third kappa shape index (κ3) is 3.36. The molecule has 3 aromatic rings. The van der Waals surface area contributed by atoms with Crippen LogP contribution in [0.4, 0.5) is 5.69 Å². The Balaban J connectivity index is 1.91. The van der Waals surface area contributed by atoms with E-state index >= 15 is 0 Å². The van der Waals surface area contributed by atoms with Crippen molar-refractivity contribution in [3.05, 3.63) is 48.2 Å². The van der Waals surface area contributed by atoms with Crippen LogP contribution in [-0.2, 0) is 9.84 Å². The molecule has 0 atom stereocenters. The first-order valence-electron chi connectivity index (χ1n) is 7.88. The minimum absolute atomic E-state index is 0.0285. The molecule has 26 heavy (non-hydrogen) atoms. The first-order valence-corrected chi connectivity index (χ1v) is 9.53. The fraction of sp³-hybridized carbons (Fsp3) is 0.167. The Morgan fingerprint density at radius 2 is 1.96 bits per heavy atom. The van der Waals surface area contributed by atoms with Crippen LogP contribution in [0.15, 0.2) is 47.4 Å². The zero-order valence-corrected chi connectivity index (χ0v) is 15.1. The average Bonchev–Trinajstić information content (AvgIpc) is 3.06. The molecule has 1 amide bonds. The van der Waals surface area contributed by atoms with Crippen LogP contribution >= 0.6 is 0 Å². The maximum atomic E-state index is 12.5. The lowest BCUT2D eigenvalue weighted by atomic mass is 10.2. The number of benzene rings is 2. The van der Waals surface area contributed by atoms with E-state index in [1.807, 2.05) is 6.07 Å². The number of fused-ring (bicyclic) bond motifs is 1. The molecule has 136 valence electrons. The number of hydrogen-bond acceptors (Lipinski definition) is 5. The fourth-order valence-electron chi connectivity index (χ4n) is 2.52. The van der Waals surface area contributed by atoms with Crippen molar-refractivity contribution in [2.24, 2.45) is 0 Å². The highest BCUT2D eigenvalue weighted by Gasteiger charge is 2.17. The lowest BCUT2D eigenvalue weighted by molar-refractivity contribution is 0.102. The van der Waals surface area contributed by atoms with Gasteiger partial charge in [0, 0.05) is 17.0 Å². The van der Waals surface area contributed by atoms with Gasteiger partial charge in [-0.05, 0) is 36.4 Å². The standard InChI is InChI=1S/C18H18N2O5S/c1-3-26(23,24)13-6-7-17(21)15(10-13)20-18(22)16-8-11-4-5-12(25-2)9-14(11)19-16/h4-10,19,21H,3H2,1-2H3,(H,20,22). The zero-order valence-electron chi connectivity index (χ0n) is 14.2. The van der Waals surface area contributed by atoms with E-state index in [1.165, 1.54) is 25.1 Å². The monoisotopic (exact) mass is 374 g/mol. The van der Waals surface area contributed by atoms with Gasteiger partial charge in [0.15, 0.2) is 9.84 Å². The molecule has 0 saturated carbocycles. The molecule has 1 heterocycles. The summed E-state index contributed by atoms with van der Waals surface area (Å²) in [4.78, 5) is 15.5. The Bertz CT molecular complexity index is 1090. The molecule has 0 bridgehead atoms. The van der Waals surface area contributed by atoms with Crippen molar-refractivity contribution in [1.82, 2.24) is 4.98 Å². The number of methoxy groups -OCH3 is 1. The number of phenolic OH excluding ortho intramolecular Hbond substituents is 1. The van der Waals surface area contributed by atoms with Gasteiger partial charge in [0.2, 0.25) is 0 Å². The van der Waals surface area contributed by atoms with Gasteiger partial charge in [0.25, 0.3) is 5.91 Å². The van der Waals surface area contributed by atoms with Gasteiger partial charge in [-0.3, -0.25) is 4.79 Å². The van der Waals surface area contributed by atoms with Crippen LogP contribution in [0, 0.1) is 0 Å². The molecule has 8 heteroatoms. The van der Waals surface area contributed by atoms with Gasteiger partial charge < -0.3 is 20.1 Å². The normalized spacial score (nSPS) is 11.5. The van der Waals surface area contributed by atoms with E-state index in [0.717, 1.165) is 10.9 Å². The molecule has 3 N–H and O–H groups in total. The third-order valence-corrected chi connectivity index (χ3v) is 5.76. The number of rotatable bonds is 5. The Hall–Kier alpha value is -3.00. The summed E-state index contributed by atoms with van der Waals surface area (Å²) in [5.74, 6) is -0.135. The van der Waals surface area contributed by atoms with E-state index in [1.54, 1.807) is 25.3 Å². The molecular formula is C18H18N2O5S. The Labute approximate surface area is 150 Å². The van der Waals surface area contributed by atoms with Crippen molar-refractivity contribution < 1.29 is 23.1 Å². The lowest BCUT2D eigenvalue weighted by Crippen LogP contribution is -2.13. The van der Waals surface area contributed by atoms with Gasteiger partial charge in [0.05, 0.1) is 23.4 Å². The van der Waals surface area contributed by atoms with Crippen LogP contribution in [0.25, 0.3) is 10.9 Å². The van der Waals surface area contributed by atoms with Crippen molar-refractivity contribution in [2.45, 2.75) is 11.8 Å². The second kappa shape index (κ2) is 6.72. The summed E-state index contributed by atoms with van der Waals surface area (Å²) in [6, 6.07) is 10.8. The van der Waals surface area contributed by atoms with E-state index in [0.29, 0.717) is 5.75 Å². The topological polar surface area (TPSA) is 108 Å². The molecule has 7 nitrogen and oxygen atoms in total. The third-order valence-electron chi connectivity index (χ3n) is 4.03. The highest BCUT2D eigenvalue weighted by atomic mass is 32.2. The number of ether oxygens (including phenoxy) is 1. The van der Waals surface area contributed by atoms with Crippen molar-refractivity contribution >= 4 is 32.3 Å². The molecule has 1 aromatic heterocycles. The van der Waals surface area contributed by atoms with Crippen LogP contribution in [0.3, 0.4) is 0 Å². The smallest absolute Gasteiger partial charge is 0.272 e. The number of H-pyrrole nitrogens is 1. The minimum atomic E-state index is -3.45. The van der Waals surface area contributed by atoms with Gasteiger partial charge in [0.1, 0.15) is 17.2 Å². The van der Waals surface area contributed by atoms with Crippen LogP contribution in [0.2, 0.25) is 0 Å². The molecule has 0 spiro atoms. The van der Waals surface area contributed by atoms with Crippen molar-refractivity contribution in [1.29, 1.82) is 0 Å². The van der Waals surface area contributed by atoms with Crippen molar-refractivity contribution in [3.8, 4) is 11.5 Å². The highest BCUT2D eigenvalue weighted by Crippen LogP contribution is 2.28. The molecule has 0 saturated heterocycles. The summed E-state index contributed by atoms with van der Waals surface area (Å²) in [7, 11) is -1.90. The Kier molecular flexibility index (Phi) is 4.60. The summed E-state index contributed by atoms with van der Waals surface area (Å²) < 4.78 is 29.1. The number of carbonyl (C=O) groups excluding carboxylic acids is 1. The number of hydrogen-bond donors (Lipinski definition) is 3. The summed E-state index contributed by atoms with van der Waals surface area (Å²) in [5, 5.41) is 13.3. The van der Waals surface area contributed by atoms with E-state index < -0.39 is 15.7 Å². The van der Waals surface area contributed by atoms with E-state index in [9.17, 15) is 18.3 Å². The minimum Gasteiger partial charge on any atom is -0.506 e. The predicted molar refractivity (Wildman–Crippen MR) is 98.6 cm³/mol. The summed E-state index contributed by atoms with van der Waals surface area (Å²) >= 11 is 0. The van der Waals surface area contributed by atoms with Crippen molar-refractivity contribution in [2.75, 3.05) is 18.2 Å². The van der Waals surface area contributed by atoms with Crippen LogP contribution in [0.1, 0.15) is 17.4 Å². The molecular weight excluding hydrogens is 356 g/mol. The quantitative estimate of drug-likeness (QED) is 0.595. The number of anilines is 1. The van der Waals surface area contributed by atoms with Gasteiger partial charge in [-0.2, -0.15) is 0 Å². The molecule has 2 aromatic carbocycles. The van der Waals surface area contributed by atoms with E-state index in [2.05, 4.69) is 10.3 Å². The number of aromatic nitrogens is 1. The van der Waals surface area contributed by atoms with Gasteiger partial charge in [-0.1, -0.05) is 6.92 Å². The second-order valence-corrected chi connectivity index (χ2v) is 7.95. The zero-order chi connectivity index (χ0) is 18.9. The SMILES string of the molecule is CCS(=O)(=O)c1ccc(O)c(NC(=O)c2cc3ccc(OC)cc3[nH]2)c1. The maximum absolute atomic E-state index is 12.5. The number of amides is 1. The average molecular weight is 374 g/mol. The molecule has 0 aliphatic carbocycles. The molecule has 0 unspecified atom stereocenters. The summed E-state index contributed by atoms with van der Waals surface area (Å²) in [6.07, 6.45) is 0. The first kappa shape index (κ1) is 17.8. The van der Waals surface area contributed by atoms with Crippen LogP contribution in [0.5, 0.6) is 11.5 Å². The number of sulfone groups is 1. The first-order chi connectivity index (χ1) is 12.3. The maximum Gasteiger partial charge on any atom is 0.272 e. The second-order valence-electron chi connectivity index (χ2n) is 5.67. The van der Waals surface area contributed by atoms with Gasteiger partial charge >= 0.3 is 0 Å². The number of nitrogens with one attached hydrogen (secondary N) is 2. The Morgan fingerprint density at radius 3 is 2.65 bits per heavy atom. The summed E-state index contributed by atoms with van der Waals surface area (Å²) in [6.45, 7) is 1.53. The molecule has 3 rings (SSSR count). The molecule has 0 aliphatic heterocycles. The molecule has 0 fully saturated rings. The lowest BCUT2D eigenvalue weighted by Gasteiger charge is -2.09. The number of carbonyl (C=O) groups is 1. The number of aromatic hydroxyl groups is 1. The van der Waals surface area contributed by atoms with Gasteiger partial charge in [-0.15, -0.1) is 0 Å². The van der Waals surface area contributed by atoms with Crippen LogP contribution < -0.4 is 10.1 Å². The Morgan fingerprint density at radius 1 is 1.19 bits per heavy atom. The number of phenols is 1.